The van der Waals surface area contributed by atoms with Gasteiger partial charge in [-0.1, -0.05) is 18.2 Å². The fourth-order valence-electron chi connectivity index (χ4n) is 5.71. The molecule has 1 aromatic carbocycles. The van der Waals surface area contributed by atoms with Gasteiger partial charge < -0.3 is 9.72 Å². The Bertz CT molecular complexity index is 780. The highest BCUT2D eigenvalue weighted by atomic mass is 16.5. The zero-order chi connectivity index (χ0) is 17.7. The molecule has 0 unspecified atom stereocenters. The first-order chi connectivity index (χ1) is 12.8. The summed E-state index contributed by atoms with van der Waals surface area (Å²) in [5, 5.41) is 0. The van der Waals surface area contributed by atoms with E-state index in [2.05, 4.69) is 51.0 Å². The van der Waals surface area contributed by atoms with Gasteiger partial charge in [0.1, 0.15) is 5.75 Å². The van der Waals surface area contributed by atoms with Crippen LogP contribution >= 0.6 is 0 Å². The highest BCUT2D eigenvalue weighted by Crippen LogP contribution is 2.48. The number of aromatic nitrogens is 2. The Labute approximate surface area is 155 Å². The van der Waals surface area contributed by atoms with Crippen molar-refractivity contribution in [3.05, 3.63) is 47.5 Å². The molecule has 0 saturated carbocycles. The molecule has 5 heteroatoms. The van der Waals surface area contributed by atoms with Crippen molar-refractivity contribution in [2.75, 3.05) is 26.7 Å². The summed E-state index contributed by atoms with van der Waals surface area (Å²) in [6, 6.07) is 9.87. The van der Waals surface area contributed by atoms with Gasteiger partial charge in [-0.3, -0.25) is 9.80 Å². The van der Waals surface area contributed by atoms with E-state index in [4.69, 9.17) is 4.74 Å². The molecule has 5 nitrogen and oxygen atoms in total. The first-order valence-electron chi connectivity index (χ1n) is 9.86. The summed E-state index contributed by atoms with van der Waals surface area (Å²) >= 11 is 0. The number of hydrogen-bond donors (Lipinski definition) is 1. The number of H-pyrrole nitrogens is 1. The number of likely N-dealkylation sites (tertiary alicyclic amines) is 1. The Morgan fingerprint density at radius 2 is 2.00 bits per heavy atom. The normalized spacial score (nSPS) is 33.4. The number of benzene rings is 1. The Morgan fingerprint density at radius 3 is 2.73 bits per heavy atom. The van der Waals surface area contributed by atoms with E-state index < -0.39 is 0 Å². The fourth-order valence-corrected chi connectivity index (χ4v) is 5.71. The number of fused-ring (bicyclic) bond motifs is 2. The second kappa shape index (κ2) is 6.39. The zero-order valence-corrected chi connectivity index (χ0v) is 15.7. The lowest BCUT2D eigenvalue weighted by Crippen LogP contribution is -2.60. The first-order valence-corrected chi connectivity index (χ1v) is 9.86. The van der Waals surface area contributed by atoms with Crippen LogP contribution in [0.25, 0.3) is 0 Å². The van der Waals surface area contributed by atoms with E-state index in [1.165, 1.54) is 42.9 Å². The van der Waals surface area contributed by atoms with Gasteiger partial charge in [0.15, 0.2) is 0 Å². The number of aromatic amines is 1. The van der Waals surface area contributed by atoms with Gasteiger partial charge in [0.05, 0.1) is 19.1 Å². The van der Waals surface area contributed by atoms with Gasteiger partial charge in [0.2, 0.25) is 0 Å². The minimum Gasteiger partial charge on any atom is -0.496 e. The standard InChI is InChI=1S/C21H28N4O/c1-14-18(23-13-22-14)12-25-11-17(16-5-3-4-6-19(16)26-2)21-20(25)15-7-9-24(21)10-8-15/h3-6,13,15,17,20-21H,7-12H2,1-2H3,(H,22,23)/t17-,20+,21+/m0/s1. The number of imidazole rings is 1. The third kappa shape index (κ3) is 2.48. The molecular formula is C21H28N4O. The summed E-state index contributed by atoms with van der Waals surface area (Å²) in [6.07, 6.45) is 4.51. The smallest absolute Gasteiger partial charge is 0.122 e. The van der Waals surface area contributed by atoms with E-state index in [1.807, 2.05) is 6.33 Å². The third-order valence-corrected chi connectivity index (χ3v) is 6.92. The van der Waals surface area contributed by atoms with Crippen molar-refractivity contribution >= 4 is 0 Å². The summed E-state index contributed by atoms with van der Waals surface area (Å²) in [5.74, 6) is 2.37. The van der Waals surface area contributed by atoms with Crippen LogP contribution in [0.1, 0.15) is 35.7 Å². The van der Waals surface area contributed by atoms with E-state index in [9.17, 15) is 0 Å². The number of nitrogens with one attached hydrogen (secondary N) is 1. The number of ether oxygens (including phenoxy) is 1. The molecule has 6 rings (SSSR count). The number of methoxy groups -OCH3 is 1. The van der Waals surface area contributed by atoms with E-state index in [-0.39, 0.29) is 0 Å². The van der Waals surface area contributed by atoms with Crippen molar-refractivity contribution in [2.45, 2.75) is 44.3 Å². The van der Waals surface area contributed by atoms with Crippen LogP contribution in [0, 0.1) is 12.8 Å². The highest BCUT2D eigenvalue weighted by molar-refractivity contribution is 5.39. The molecule has 4 aliphatic rings. The van der Waals surface area contributed by atoms with Gasteiger partial charge in [-0.15, -0.1) is 0 Å². The summed E-state index contributed by atoms with van der Waals surface area (Å²) in [4.78, 5) is 13.3. The van der Waals surface area contributed by atoms with Crippen molar-refractivity contribution < 1.29 is 4.74 Å². The van der Waals surface area contributed by atoms with Crippen LogP contribution in [-0.2, 0) is 6.54 Å². The second-order valence-electron chi connectivity index (χ2n) is 8.11. The van der Waals surface area contributed by atoms with Gasteiger partial charge in [-0.2, -0.15) is 0 Å². The fraction of sp³-hybridized carbons (Fsp3) is 0.571. The lowest BCUT2D eigenvalue weighted by molar-refractivity contribution is -0.00909. The van der Waals surface area contributed by atoms with Crippen LogP contribution in [0.3, 0.4) is 0 Å². The van der Waals surface area contributed by atoms with Gasteiger partial charge in [-0.05, 0) is 44.8 Å². The Balaban J connectivity index is 1.51. The lowest BCUT2D eigenvalue weighted by atomic mass is 9.75. The maximum Gasteiger partial charge on any atom is 0.122 e. The molecule has 0 spiro atoms. The maximum absolute atomic E-state index is 5.72. The molecule has 3 atom stereocenters. The number of nitrogens with zero attached hydrogens (tertiary/aromatic N) is 3. The molecule has 0 amide bonds. The molecule has 5 heterocycles. The quantitative estimate of drug-likeness (QED) is 0.919. The summed E-state index contributed by atoms with van der Waals surface area (Å²) < 4.78 is 5.72. The molecule has 0 radical (unpaired) electrons. The van der Waals surface area contributed by atoms with Crippen LogP contribution in [-0.4, -0.2) is 58.6 Å². The number of piperidine rings is 3. The van der Waals surface area contributed by atoms with Gasteiger partial charge in [-0.25, -0.2) is 4.98 Å². The lowest BCUT2D eigenvalue weighted by Gasteiger charge is -2.51. The van der Waals surface area contributed by atoms with Crippen LogP contribution in [0.2, 0.25) is 0 Å². The first kappa shape index (κ1) is 16.3. The van der Waals surface area contributed by atoms with Gasteiger partial charge >= 0.3 is 0 Å². The number of para-hydroxylation sites is 1. The van der Waals surface area contributed by atoms with E-state index in [0.29, 0.717) is 18.0 Å². The molecule has 4 aliphatic heterocycles. The van der Waals surface area contributed by atoms with Crippen molar-refractivity contribution in [1.29, 1.82) is 0 Å². The minimum atomic E-state index is 0.512. The highest BCUT2D eigenvalue weighted by Gasteiger charge is 2.53. The van der Waals surface area contributed by atoms with Gasteiger partial charge in [0.25, 0.3) is 0 Å². The van der Waals surface area contributed by atoms with Crippen molar-refractivity contribution in [3.8, 4) is 5.75 Å². The monoisotopic (exact) mass is 352 g/mol. The number of aryl methyl sites for hydroxylation is 1. The third-order valence-electron chi connectivity index (χ3n) is 6.92. The van der Waals surface area contributed by atoms with Crippen molar-refractivity contribution in [1.82, 2.24) is 19.8 Å². The number of rotatable bonds is 4. The van der Waals surface area contributed by atoms with Gasteiger partial charge in [0, 0.05) is 42.3 Å². The molecule has 4 fully saturated rings. The predicted octanol–water partition coefficient (Wildman–Crippen LogP) is 2.79. The molecular weight excluding hydrogens is 324 g/mol. The summed E-state index contributed by atoms with van der Waals surface area (Å²) in [5.41, 5.74) is 3.77. The predicted molar refractivity (Wildman–Crippen MR) is 101 cm³/mol. The van der Waals surface area contributed by atoms with Crippen LogP contribution in [0.4, 0.5) is 0 Å². The molecule has 2 aromatic rings. The van der Waals surface area contributed by atoms with E-state index >= 15 is 0 Å². The van der Waals surface area contributed by atoms with E-state index in [1.54, 1.807) is 7.11 Å². The van der Waals surface area contributed by atoms with Crippen molar-refractivity contribution in [3.63, 3.8) is 0 Å². The Morgan fingerprint density at radius 1 is 1.19 bits per heavy atom. The van der Waals surface area contributed by atoms with E-state index in [0.717, 1.165) is 24.8 Å². The second-order valence-corrected chi connectivity index (χ2v) is 8.11. The molecule has 1 N–H and O–H groups in total. The average molecular weight is 352 g/mol. The van der Waals surface area contributed by atoms with Crippen LogP contribution in [0.15, 0.2) is 30.6 Å². The van der Waals surface area contributed by atoms with Crippen LogP contribution in [0.5, 0.6) is 5.75 Å². The maximum atomic E-state index is 5.72. The molecule has 26 heavy (non-hydrogen) atoms. The molecule has 1 aromatic heterocycles. The summed E-state index contributed by atoms with van der Waals surface area (Å²) in [6.45, 7) is 6.69. The molecule has 4 saturated heterocycles. The van der Waals surface area contributed by atoms with Crippen LogP contribution < -0.4 is 4.74 Å². The van der Waals surface area contributed by atoms with Crippen molar-refractivity contribution in [2.24, 2.45) is 5.92 Å². The largest absolute Gasteiger partial charge is 0.496 e. The molecule has 138 valence electrons. The number of hydrogen-bond acceptors (Lipinski definition) is 4. The Kier molecular flexibility index (Phi) is 4.02. The molecule has 0 aliphatic carbocycles. The SMILES string of the molecule is COc1ccccc1[C@@H]1CN(Cc2nc[nH]c2C)[C@@H]2C3CCN(CC3)[C@@H]21. The average Bonchev–Trinajstić information content (AvgIpc) is 3.28. The topological polar surface area (TPSA) is 44.4 Å². The molecule has 2 bridgehead atoms. The Hall–Kier alpha value is -1.85. The minimum absolute atomic E-state index is 0.512. The summed E-state index contributed by atoms with van der Waals surface area (Å²) in [7, 11) is 1.80. The zero-order valence-electron chi connectivity index (χ0n) is 15.7.